The number of hydrogen-bond donors (Lipinski definition) is 4. The van der Waals surface area contributed by atoms with Crippen LogP contribution in [0.15, 0.2) is 12.1 Å². The highest BCUT2D eigenvalue weighted by Crippen LogP contribution is 2.33. The third kappa shape index (κ3) is 1.20. The minimum atomic E-state index is -0.283. The van der Waals surface area contributed by atoms with E-state index >= 15 is 0 Å². The summed E-state index contributed by atoms with van der Waals surface area (Å²) in [6, 6.07) is 2.50. The summed E-state index contributed by atoms with van der Waals surface area (Å²) in [5, 5.41) is 31.4. The minimum Gasteiger partial charge on any atom is -0.504 e. The number of tetrazole rings is 1. The van der Waals surface area contributed by atoms with Crippen molar-refractivity contribution >= 4 is 5.69 Å². The summed E-state index contributed by atoms with van der Waals surface area (Å²) in [6.07, 6.45) is 0. The van der Waals surface area contributed by atoms with Crippen LogP contribution in [0.2, 0.25) is 0 Å². The first-order valence-electron chi connectivity index (χ1n) is 3.74. The maximum Gasteiger partial charge on any atom is 0.206 e. The molecule has 0 amide bonds. The van der Waals surface area contributed by atoms with Crippen LogP contribution in [0.3, 0.4) is 0 Å². The van der Waals surface area contributed by atoms with Crippen molar-refractivity contribution in [3.8, 4) is 22.9 Å². The molecule has 0 radical (unpaired) electrons. The number of aromatic nitrogens is 4. The lowest BCUT2D eigenvalue weighted by Crippen LogP contribution is -1.91. The Morgan fingerprint density at radius 2 is 1.93 bits per heavy atom. The molecule has 2 rings (SSSR count). The zero-order chi connectivity index (χ0) is 10.1. The van der Waals surface area contributed by atoms with Crippen molar-refractivity contribution in [3.63, 3.8) is 0 Å². The third-order valence-electron chi connectivity index (χ3n) is 1.73. The van der Waals surface area contributed by atoms with Crippen molar-refractivity contribution in [1.29, 1.82) is 0 Å². The Morgan fingerprint density at radius 1 is 1.21 bits per heavy atom. The molecule has 1 aromatic carbocycles. The lowest BCUT2D eigenvalue weighted by Gasteiger charge is -2.03. The van der Waals surface area contributed by atoms with Gasteiger partial charge in [-0.05, 0) is 11.3 Å². The maximum absolute atomic E-state index is 9.23. The molecule has 0 spiro atoms. The first-order chi connectivity index (χ1) is 6.68. The first-order valence-corrected chi connectivity index (χ1v) is 3.74. The fraction of sp³-hybridized carbons (Fsp3) is 0. The van der Waals surface area contributed by atoms with Gasteiger partial charge in [0.2, 0.25) is 5.82 Å². The zero-order valence-corrected chi connectivity index (χ0v) is 6.97. The van der Waals surface area contributed by atoms with E-state index in [4.69, 9.17) is 10.8 Å². The Hall–Kier alpha value is -2.31. The van der Waals surface area contributed by atoms with E-state index < -0.39 is 0 Å². The molecule has 0 saturated heterocycles. The number of phenolic OH excluding ortho intramolecular Hbond substituents is 2. The maximum atomic E-state index is 9.23. The molecule has 0 bridgehead atoms. The molecule has 0 aliphatic rings. The predicted molar refractivity (Wildman–Crippen MR) is 47.4 cm³/mol. The molecule has 14 heavy (non-hydrogen) atoms. The lowest BCUT2D eigenvalue weighted by molar-refractivity contribution is 0.404. The molecule has 0 atom stereocenters. The van der Waals surface area contributed by atoms with E-state index in [0.717, 1.165) is 0 Å². The third-order valence-corrected chi connectivity index (χ3v) is 1.73. The Bertz CT molecular complexity index is 453. The standard InChI is InChI=1S/C7H7N5O2/c8-4-2-6(14)5(13)1-3(4)7-9-11-12-10-7/h1-2,13-14H,8H2,(H,9,10,11,12). The molecule has 2 aromatic rings. The molecular formula is C7H7N5O2. The average molecular weight is 193 g/mol. The van der Waals surface area contributed by atoms with Gasteiger partial charge in [0.05, 0.1) is 0 Å². The molecule has 1 aromatic heterocycles. The van der Waals surface area contributed by atoms with E-state index in [1.165, 1.54) is 12.1 Å². The number of H-pyrrole nitrogens is 1. The van der Waals surface area contributed by atoms with E-state index in [1.54, 1.807) is 0 Å². The normalized spacial score (nSPS) is 10.3. The molecule has 1 heterocycles. The summed E-state index contributed by atoms with van der Waals surface area (Å²) in [4.78, 5) is 0. The summed E-state index contributed by atoms with van der Waals surface area (Å²) in [7, 11) is 0. The van der Waals surface area contributed by atoms with Gasteiger partial charge in [0.25, 0.3) is 0 Å². The number of hydrogen-bond acceptors (Lipinski definition) is 6. The summed E-state index contributed by atoms with van der Waals surface area (Å²) >= 11 is 0. The monoisotopic (exact) mass is 193 g/mol. The van der Waals surface area contributed by atoms with Crippen LogP contribution in [0.4, 0.5) is 5.69 Å². The highest BCUT2D eigenvalue weighted by atomic mass is 16.3. The smallest absolute Gasteiger partial charge is 0.206 e. The van der Waals surface area contributed by atoms with Crippen molar-refractivity contribution in [3.05, 3.63) is 12.1 Å². The lowest BCUT2D eigenvalue weighted by atomic mass is 10.1. The minimum absolute atomic E-state index is 0.262. The number of aromatic amines is 1. The van der Waals surface area contributed by atoms with Gasteiger partial charge < -0.3 is 15.9 Å². The van der Waals surface area contributed by atoms with E-state index in [-0.39, 0.29) is 23.0 Å². The number of nitrogens with zero attached hydrogens (tertiary/aromatic N) is 3. The van der Waals surface area contributed by atoms with Crippen molar-refractivity contribution in [1.82, 2.24) is 20.6 Å². The van der Waals surface area contributed by atoms with Gasteiger partial charge in [-0.2, -0.15) is 5.21 Å². The van der Waals surface area contributed by atoms with Crippen LogP contribution < -0.4 is 5.73 Å². The topological polar surface area (TPSA) is 121 Å². The Balaban J connectivity index is 2.60. The Kier molecular flexibility index (Phi) is 1.70. The van der Waals surface area contributed by atoms with Crippen LogP contribution in [0.5, 0.6) is 11.5 Å². The fourth-order valence-corrected chi connectivity index (χ4v) is 1.06. The van der Waals surface area contributed by atoms with Crippen LogP contribution >= 0.6 is 0 Å². The van der Waals surface area contributed by atoms with Gasteiger partial charge in [0, 0.05) is 17.3 Å². The van der Waals surface area contributed by atoms with Crippen LogP contribution in [-0.2, 0) is 0 Å². The van der Waals surface area contributed by atoms with Crippen LogP contribution in [0, 0.1) is 0 Å². The second-order valence-corrected chi connectivity index (χ2v) is 2.66. The van der Waals surface area contributed by atoms with Gasteiger partial charge >= 0.3 is 0 Å². The highest BCUT2D eigenvalue weighted by molar-refractivity contribution is 5.75. The number of phenols is 2. The summed E-state index contributed by atoms with van der Waals surface area (Å²) < 4.78 is 0. The summed E-state index contributed by atoms with van der Waals surface area (Å²) in [6.45, 7) is 0. The van der Waals surface area contributed by atoms with Gasteiger partial charge in [-0.3, -0.25) is 0 Å². The number of aromatic hydroxyl groups is 2. The number of nitrogens with one attached hydrogen (secondary N) is 1. The molecule has 5 N–H and O–H groups in total. The van der Waals surface area contributed by atoms with Gasteiger partial charge in [-0.25, -0.2) is 0 Å². The number of nitrogen functional groups attached to an aromatic ring is 1. The molecular weight excluding hydrogens is 186 g/mol. The quantitative estimate of drug-likeness (QED) is 0.284. The van der Waals surface area contributed by atoms with E-state index in [9.17, 15) is 5.11 Å². The van der Waals surface area contributed by atoms with E-state index in [2.05, 4.69) is 20.6 Å². The number of anilines is 1. The SMILES string of the molecule is Nc1cc(O)c(O)cc1-c1nn[nH]n1. The molecule has 7 nitrogen and oxygen atoms in total. The van der Waals surface area contributed by atoms with Crippen molar-refractivity contribution in [2.45, 2.75) is 0 Å². The number of nitrogens with two attached hydrogens (primary N) is 1. The molecule has 72 valence electrons. The largest absolute Gasteiger partial charge is 0.504 e. The van der Waals surface area contributed by atoms with Gasteiger partial charge in [0.1, 0.15) is 0 Å². The van der Waals surface area contributed by atoms with Crippen molar-refractivity contribution in [2.75, 3.05) is 5.73 Å². The summed E-state index contributed by atoms with van der Waals surface area (Å²) in [5.74, 6) is -0.299. The molecule has 0 fully saturated rings. The fourth-order valence-electron chi connectivity index (χ4n) is 1.06. The summed E-state index contributed by atoms with van der Waals surface area (Å²) in [5.41, 5.74) is 6.27. The van der Waals surface area contributed by atoms with Crippen molar-refractivity contribution in [2.24, 2.45) is 0 Å². The van der Waals surface area contributed by atoms with Gasteiger partial charge in [0.15, 0.2) is 11.5 Å². The molecule has 0 aliphatic heterocycles. The molecule has 0 unspecified atom stereocenters. The van der Waals surface area contributed by atoms with Crippen LogP contribution in [0.25, 0.3) is 11.4 Å². The predicted octanol–water partition coefficient (Wildman–Crippen LogP) is -0.140. The Labute approximate surface area is 78.2 Å². The Morgan fingerprint density at radius 3 is 2.57 bits per heavy atom. The van der Waals surface area contributed by atoms with E-state index in [1.807, 2.05) is 0 Å². The second kappa shape index (κ2) is 2.87. The highest BCUT2D eigenvalue weighted by Gasteiger charge is 2.11. The van der Waals surface area contributed by atoms with Gasteiger partial charge in [-0.1, -0.05) is 0 Å². The van der Waals surface area contributed by atoms with Crippen molar-refractivity contribution < 1.29 is 10.2 Å². The van der Waals surface area contributed by atoms with E-state index in [0.29, 0.717) is 5.56 Å². The zero-order valence-electron chi connectivity index (χ0n) is 6.97. The molecule has 0 saturated carbocycles. The number of rotatable bonds is 1. The van der Waals surface area contributed by atoms with Gasteiger partial charge in [-0.15, -0.1) is 10.2 Å². The molecule has 7 heteroatoms. The molecule has 0 aliphatic carbocycles. The number of benzene rings is 1. The van der Waals surface area contributed by atoms with Crippen LogP contribution in [0.1, 0.15) is 0 Å². The van der Waals surface area contributed by atoms with Crippen LogP contribution in [-0.4, -0.2) is 30.8 Å². The first kappa shape index (κ1) is 8.30. The average Bonchev–Trinajstić information content (AvgIpc) is 2.64. The second-order valence-electron chi connectivity index (χ2n) is 2.66.